The van der Waals surface area contributed by atoms with Crippen LogP contribution in [-0.4, -0.2) is 255 Å². The minimum absolute atomic E-state index is 0.125. The molecule has 0 aromatic heterocycles. The summed E-state index contributed by atoms with van der Waals surface area (Å²) in [5.74, 6) is -10.2. The van der Waals surface area contributed by atoms with Gasteiger partial charge < -0.3 is 60.4 Å². The minimum Gasteiger partial charge on any atom is -0.480 e. The van der Waals surface area contributed by atoms with E-state index in [0.717, 1.165) is 19.6 Å². The molecule has 0 aromatic rings. The molecule has 0 unspecified atom stereocenters. The molecule has 0 aliphatic carbocycles. The van der Waals surface area contributed by atoms with Crippen molar-refractivity contribution >= 4 is 62.9 Å². The summed E-state index contributed by atoms with van der Waals surface area (Å²) in [5.41, 5.74) is 0. The van der Waals surface area contributed by atoms with Gasteiger partial charge in [0.05, 0.1) is 52.4 Å². The third-order valence-corrected chi connectivity index (χ3v) is 8.11. The molecule has 0 spiro atoms. The summed E-state index contributed by atoms with van der Waals surface area (Å²) in [4.78, 5) is 130. The van der Waals surface area contributed by atoms with Crippen LogP contribution in [0.5, 0.6) is 0 Å². The molecule has 12 N–H and O–H groups in total. The fourth-order valence-electron chi connectivity index (χ4n) is 4.55. The highest BCUT2D eigenvalue weighted by molar-refractivity contribution is 7.51. The number of carbonyl (C=O) groups is 8. The Labute approximate surface area is 317 Å². The van der Waals surface area contributed by atoms with Crippen LogP contribution in [0.3, 0.4) is 0 Å². The van der Waals surface area contributed by atoms with Gasteiger partial charge in [0.1, 0.15) is 12.6 Å². The molecule has 28 nitrogen and oxygen atoms in total. The molecule has 0 radical (unpaired) electrons. The van der Waals surface area contributed by atoms with Crippen LogP contribution in [0, 0.1) is 0 Å². The molecule has 30 heteroatoms. The first-order chi connectivity index (χ1) is 25.6. The Kier molecular flexibility index (Phi) is 26.4. The van der Waals surface area contributed by atoms with E-state index in [0.29, 0.717) is 0 Å². The summed E-state index contributed by atoms with van der Waals surface area (Å²) in [6.07, 6.45) is -1.48. The van der Waals surface area contributed by atoms with Crippen molar-refractivity contribution in [3.8, 4) is 0 Å². The Morgan fingerprint density at radius 2 is 0.411 bits per heavy atom. The second-order valence-corrected chi connectivity index (χ2v) is 15.1. The van der Waals surface area contributed by atoms with Gasteiger partial charge in [-0.25, -0.2) is 0 Å². The molecule has 0 bridgehead atoms. The summed E-state index contributed by atoms with van der Waals surface area (Å²) in [6.45, 7) is -5.85. The SMILES string of the molecule is O=C(O)CN(CCN(CCN(CC(=O)O)CC(=O)O)CP(=O)(O)O)CC(=O)O.O=C(O)CN(CCN(CCN(CC(=O)O)CC(=O)O)CP(=O)(O)O)CC(=O)O. The lowest BCUT2D eigenvalue weighted by molar-refractivity contribution is -0.144. The number of rotatable bonds is 32. The van der Waals surface area contributed by atoms with Crippen LogP contribution in [-0.2, 0) is 47.5 Å². The fourth-order valence-corrected chi connectivity index (χ4v) is 6.15. The van der Waals surface area contributed by atoms with E-state index in [2.05, 4.69) is 0 Å². The first-order valence-corrected chi connectivity index (χ1v) is 19.3. The van der Waals surface area contributed by atoms with Crippen LogP contribution in [0.15, 0.2) is 0 Å². The standard InChI is InChI=1S/2C13H24N3O11P/c2*17-10(18)5-15(6-11(19)20)3-1-14(9-28(25,26)27)2-4-16(7-12(21)22)8-13(23)24/h2*1-9H2,(H,17,18)(H,19,20)(H,21,22)(H,23,24)(H2,25,26,27). The van der Waals surface area contributed by atoms with Gasteiger partial charge >= 0.3 is 62.9 Å². The molecule has 0 atom stereocenters. The van der Waals surface area contributed by atoms with Gasteiger partial charge in [-0.2, -0.15) is 0 Å². The van der Waals surface area contributed by atoms with E-state index in [9.17, 15) is 47.5 Å². The van der Waals surface area contributed by atoms with Crippen LogP contribution in [0.4, 0.5) is 0 Å². The van der Waals surface area contributed by atoms with Crippen LogP contribution in [0.1, 0.15) is 0 Å². The largest absolute Gasteiger partial charge is 0.480 e. The number of carboxylic acid groups (broad SMARTS) is 8. The molecular weight excluding hydrogens is 810 g/mol. The summed E-state index contributed by atoms with van der Waals surface area (Å²) >= 11 is 0. The number of hydrogen-bond donors (Lipinski definition) is 12. The topological polar surface area (TPSA) is 433 Å². The number of hydrogen-bond acceptors (Lipinski definition) is 16. The van der Waals surface area contributed by atoms with Crippen molar-refractivity contribution in [1.29, 1.82) is 0 Å². The summed E-state index contributed by atoms with van der Waals surface area (Å²) < 4.78 is 22.6. The van der Waals surface area contributed by atoms with E-state index in [1.807, 2.05) is 0 Å². The predicted octanol–water partition coefficient (Wildman–Crippen LogP) is -5.27. The van der Waals surface area contributed by atoms with Gasteiger partial charge in [0.2, 0.25) is 0 Å². The van der Waals surface area contributed by atoms with Gasteiger partial charge in [0.15, 0.2) is 0 Å². The van der Waals surface area contributed by atoms with Gasteiger partial charge in [-0.3, -0.25) is 76.9 Å². The maximum absolute atomic E-state index is 11.3. The van der Waals surface area contributed by atoms with Crippen molar-refractivity contribution in [2.75, 3.05) is 117 Å². The molecule has 0 fully saturated rings. The monoisotopic (exact) mass is 858 g/mol. The third kappa shape index (κ3) is 35.5. The van der Waals surface area contributed by atoms with Gasteiger partial charge in [-0.05, 0) is 0 Å². The molecule has 0 heterocycles. The van der Waals surface area contributed by atoms with Gasteiger partial charge in [0.25, 0.3) is 0 Å². The molecule has 0 saturated heterocycles. The predicted molar refractivity (Wildman–Crippen MR) is 184 cm³/mol. The van der Waals surface area contributed by atoms with Crippen molar-refractivity contribution in [3.05, 3.63) is 0 Å². The quantitative estimate of drug-likeness (QED) is 0.0281. The Morgan fingerprint density at radius 1 is 0.286 bits per heavy atom. The normalized spacial score (nSPS) is 11.9. The minimum atomic E-state index is -4.53. The average molecular weight is 859 g/mol. The summed E-state index contributed by atoms with van der Waals surface area (Å²) in [6, 6.07) is 0. The van der Waals surface area contributed by atoms with E-state index in [-0.39, 0.29) is 52.4 Å². The summed E-state index contributed by atoms with van der Waals surface area (Å²) in [5, 5.41) is 70.4. The van der Waals surface area contributed by atoms with E-state index >= 15 is 0 Å². The Morgan fingerprint density at radius 3 is 0.518 bits per heavy atom. The average Bonchev–Trinajstić information content (AvgIpc) is 2.96. The zero-order chi connectivity index (χ0) is 43.8. The Bertz CT molecular complexity index is 1180. The van der Waals surface area contributed by atoms with Gasteiger partial charge in [-0.15, -0.1) is 0 Å². The second-order valence-electron chi connectivity index (χ2n) is 11.8. The van der Waals surface area contributed by atoms with Crippen molar-refractivity contribution in [3.63, 3.8) is 0 Å². The van der Waals surface area contributed by atoms with Gasteiger partial charge in [0, 0.05) is 52.4 Å². The van der Waals surface area contributed by atoms with Crippen LogP contribution >= 0.6 is 15.2 Å². The van der Waals surface area contributed by atoms with Gasteiger partial charge in [-0.1, -0.05) is 0 Å². The molecule has 0 saturated carbocycles. The Balaban J connectivity index is 0. The first-order valence-electron chi connectivity index (χ1n) is 15.7. The van der Waals surface area contributed by atoms with Crippen LogP contribution in [0.2, 0.25) is 0 Å². The smallest absolute Gasteiger partial charge is 0.339 e. The van der Waals surface area contributed by atoms with Crippen molar-refractivity contribution in [1.82, 2.24) is 29.4 Å². The van der Waals surface area contributed by atoms with Crippen molar-refractivity contribution < 1.29 is 108 Å². The summed E-state index contributed by atoms with van der Waals surface area (Å²) in [7, 11) is -9.06. The molecule has 0 aliphatic rings. The molecule has 0 aliphatic heterocycles. The van der Waals surface area contributed by atoms with E-state index in [1.54, 1.807) is 0 Å². The van der Waals surface area contributed by atoms with Crippen LogP contribution in [0.25, 0.3) is 0 Å². The second kappa shape index (κ2) is 27.4. The maximum Gasteiger partial charge on any atom is 0.339 e. The van der Waals surface area contributed by atoms with E-state index < -0.39 is 128 Å². The van der Waals surface area contributed by atoms with E-state index in [1.165, 1.54) is 9.80 Å². The van der Waals surface area contributed by atoms with Crippen molar-refractivity contribution in [2.24, 2.45) is 0 Å². The Hall–Kier alpha value is -4.18. The van der Waals surface area contributed by atoms with Crippen LogP contribution < -0.4 is 0 Å². The van der Waals surface area contributed by atoms with E-state index in [4.69, 9.17) is 60.4 Å². The zero-order valence-electron chi connectivity index (χ0n) is 29.8. The highest BCUT2D eigenvalue weighted by atomic mass is 31.2. The molecule has 0 aromatic carbocycles. The highest BCUT2D eigenvalue weighted by Gasteiger charge is 2.25. The lowest BCUT2D eigenvalue weighted by atomic mass is 10.4. The molecular formula is C26H48N6O22P2. The molecule has 0 rings (SSSR count). The number of carboxylic acids is 8. The highest BCUT2D eigenvalue weighted by Crippen LogP contribution is 2.35. The third-order valence-electron chi connectivity index (χ3n) is 6.57. The number of nitrogens with zero attached hydrogens (tertiary/aromatic N) is 6. The molecule has 56 heavy (non-hydrogen) atoms. The molecule has 324 valence electrons. The maximum atomic E-state index is 11.3. The lowest BCUT2D eigenvalue weighted by Gasteiger charge is -2.28. The van der Waals surface area contributed by atoms with Crippen molar-refractivity contribution in [2.45, 2.75) is 0 Å². The number of aliphatic carboxylic acids is 8. The zero-order valence-corrected chi connectivity index (χ0v) is 31.5. The fraction of sp³-hybridized carbons (Fsp3) is 0.692. The molecule has 0 amide bonds. The first kappa shape index (κ1) is 53.9. The lowest BCUT2D eigenvalue weighted by Crippen LogP contribution is -2.44.